The second-order valence-corrected chi connectivity index (χ2v) is 6.60. The first kappa shape index (κ1) is 15.6. The lowest BCUT2D eigenvalue weighted by molar-refractivity contribution is -0.132. The number of nitrogen functional groups attached to an aromatic ring is 1. The summed E-state index contributed by atoms with van der Waals surface area (Å²) >= 11 is 1.67. The molecule has 0 saturated carbocycles. The minimum absolute atomic E-state index is 0.0596. The molecule has 1 aromatic heterocycles. The van der Waals surface area contributed by atoms with Crippen molar-refractivity contribution < 1.29 is 9.59 Å². The summed E-state index contributed by atoms with van der Waals surface area (Å²) in [6.45, 7) is 0.939. The van der Waals surface area contributed by atoms with Gasteiger partial charge < -0.3 is 16.4 Å². The van der Waals surface area contributed by atoms with Crippen LogP contribution in [0, 0.1) is 5.92 Å². The monoisotopic (exact) mass is 329 g/mol. The third-order valence-corrected chi connectivity index (χ3v) is 4.94. The topological polar surface area (TPSA) is 84.2 Å². The van der Waals surface area contributed by atoms with Gasteiger partial charge in [-0.25, -0.2) is 0 Å². The van der Waals surface area contributed by atoms with Crippen molar-refractivity contribution in [3.8, 4) is 10.4 Å². The van der Waals surface area contributed by atoms with Crippen LogP contribution >= 0.6 is 11.3 Å². The maximum Gasteiger partial charge on any atom is 0.223 e. The fourth-order valence-electron chi connectivity index (χ4n) is 2.69. The molecular formula is C17H19N3O2S. The average molecular weight is 329 g/mol. The molecular weight excluding hydrogens is 310 g/mol. The van der Waals surface area contributed by atoms with E-state index in [1.807, 2.05) is 29.6 Å². The number of benzene rings is 1. The van der Waals surface area contributed by atoms with Crippen LogP contribution in [-0.4, -0.2) is 18.4 Å². The van der Waals surface area contributed by atoms with E-state index in [0.29, 0.717) is 25.2 Å². The zero-order chi connectivity index (χ0) is 16.2. The third-order valence-electron chi connectivity index (χ3n) is 4.02. The summed E-state index contributed by atoms with van der Waals surface area (Å²) in [5.41, 5.74) is 8.66. The minimum Gasteiger partial charge on any atom is -0.398 e. The fourth-order valence-corrected chi connectivity index (χ4v) is 3.41. The Labute approximate surface area is 138 Å². The number of hydrogen-bond acceptors (Lipinski definition) is 4. The molecule has 2 amide bonds. The van der Waals surface area contributed by atoms with E-state index in [2.05, 4.69) is 16.7 Å². The lowest BCUT2D eigenvalue weighted by Gasteiger charge is -2.21. The molecule has 6 heteroatoms. The molecule has 0 spiro atoms. The van der Waals surface area contributed by atoms with Gasteiger partial charge in [-0.15, -0.1) is 11.3 Å². The van der Waals surface area contributed by atoms with E-state index in [-0.39, 0.29) is 24.2 Å². The summed E-state index contributed by atoms with van der Waals surface area (Å²) in [5, 5.41) is 7.67. The zero-order valence-electron chi connectivity index (χ0n) is 12.7. The molecule has 120 valence electrons. The maximum absolute atomic E-state index is 12.2. The summed E-state index contributed by atoms with van der Waals surface area (Å²) in [6, 6.07) is 9.92. The average Bonchev–Trinajstić information content (AvgIpc) is 3.08. The first-order chi connectivity index (χ1) is 11.1. The van der Waals surface area contributed by atoms with Crippen LogP contribution in [0.5, 0.6) is 0 Å². The van der Waals surface area contributed by atoms with Crippen molar-refractivity contribution in [2.45, 2.75) is 19.4 Å². The van der Waals surface area contributed by atoms with Crippen LogP contribution in [0.1, 0.15) is 18.4 Å². The molecule has 0 aliphatic carbocycles. The molecule has 1 atom stereocenters. The van der Waals surface area contributed by atoms with E-state index in [1.165, 1.54) is 4.88 Å². The van der Waals surface area contributed by atoms with Crippen molar-refractivity contribution in [1.82, 2.24) is 10.6 Å². The summed E-state index contributed by atoms with van der Waals surface area (Å²) in [6.07, 6.45) is 0.943. The molecule has 2 heterocycles. The Morgan fingerprint density at radius 2 is 2.26 bits per heavy atom. The molecule has 1 aromatic carbocycles. The number of nitrogens with two attached hydrogens (primary N) is 1. The van der Waals surface area contributed by atoms with Gasteiger partial charge in [-0.2, -0.15) is 0 Å². The van der Waals surface area contributed by atoms with Gasteiger partial charge >= 0.3 is 0 Å². The Balaban J connectivity index is 1.66. The van der Waals surface area contributed by atoms with Crippen LogP contribution < -0.4 is 16.4 Å². The highest BCUT2D eigenvalue weighted by Crippen LogP contribution is 2.27. The first-order valence-corrected chi connectivity index (χ1v) is 8.48. The highest BCUT2D eigenvalue weighted by atomic mass is 32.1. The Kier molecular flexibility index (Phi) is 4.62. The molecule has 0 radical (unpaired) electrons. The SMILES string of the molecule is Nc1ccc(-c2cccs2)cc1CNC(=O)C1CCNC(=O)C1. The molecule has 1 aliphatic rings. The molecule has 2 aromatic rings. The van der Waals surface area contributed by atoms with Crippen molar-refractivity contribution in [2.75, 3.05) is 12.3 Å². The summed E-state index contributed by atoms with van der Waals surface area (Å²) in [5.74, 6) is -0.387. The van der Waals surface area contributed by atoms with E-state index < -0.39 is 0 Å². The van der Waals surface area contributed by atoms with Crippen LogP contribution in [0.25, 0.3) is 10.4 Å². The second-order valence-electron chi connectivity index (χ2n) is 5.65. The number of hydrogen-bond donors (Lipinski definition) is 3. The van der Waals surface area contributed by atoms with E-state index in [4.69, 9.17) is 5.73 Å². The van der Waals surface area contributed by atoms with Crippen LogP contribution in [-0.2, 0) is 16.1 Å². The molecule has 1 saturated heterocycles. The Morgan fingerprint density at radius 3 is 3.00 bits per heavy atom. The summed E-state index contributed by atoms with van der Waals surface area (Å²) in [4.78, 5) is 24.8. The Hall–Kier alpha value is -2.34. The van der Waals surface area contributed by atoms with Gasteiger partial charge in [-0.1, -0.05) is 12.1 Å². The van der Waals surface area contributed by atoms with Crippen molar-refractivity contribution in [2.24, 2.45) is 5.92 Å². The minimum atomic E-state index is -0.245. The molecule has 23 heavy (non-hydrogen) atoms. The van der Waals surface area contributed by atoms with Gasteiger partial charge in [0, 0.05) is 36.0 Å². The molecule has 0 bridgehead atoms. The summed E-state index contributed by atoms with van der Waals surface area (Å²) in [7, 11) is 0. The fraction of sp³-hybridized carbons (Fsp3) is 0.294. The molecule has 4 N–H and O–H groups in total. The number of anilines is 1. The van der Waals surface area contributed by atoms with Crippen LogP contribution in [0.2, 0.25) is 0 Å². The number of thiophene rings is 1. The number of rotatable bonds is 4. The predicted octanol–water partition coefficient (Wildman–Crippen LogP) is 2.14. The largest absolute Gasteiger partial charge is 0.398 e. The number of nitrogens with one attached hydrogen (secondary N) is 2. The van der Waals surface area contributed by atoms with Gasteiger partial charge in [-0.3, -0.25) is 9.59 Å². The number of piperidine rings is 1. The number of carbonyl (C=O) groups excluding carboxylic acids is 2. The molecule has 5 nitrogen and oxygen atoms in total. The van der Waals surface area contributed by atoms with Gasteiger partial charge in [0.25, 0.3) is 0 Å². The van der Waals surface area contributed by atoms with Crippen molar-refractivity contribution in [3.63, 3.8) is 0 Å². The van der Waals surface area contributed by atoms with Gasteiger partial charge in [0.1, 0.15) is 0 Å². The number of carbonyl (C=O) groups is 2. The molecule has 1 unspecified atom stereocenters. The van der Waals surface area contributed by atoms with Crippen LogP contribution in [0.3, 0.4) is 0 Å². The normalized spacial score (nSPS) is 17.6. The lowest BCUT2D eigenvalue weighted by Crippen LogP contribution is -2.40. The zero-order valence-corrected chi connectivity index (χ0v) is 13.5. The predicted molar refractivity (Wildman–Crippen MR) is 91.7 cm³/mol. The van der Waals surface area contributed by atoms with Crippen molar-refractivity contribution in [3.05, 3.63) is 41.3 Å². The van der Waals surface area contributed by atoms with E-state index in [0.717, 1.165) is 11.1 Å². The number of amides is 2. The van der Waals surface area contributed by atoms with Gasteiger partial charge in [0.15, 0.2) is 0 Å². The molecule has 1 fully saturated rings. The lowest BCUT2D eigenvalue weighted by atomic mass is 9.96. The Morgan fingerprint density at radius 1 is 1.39 bits per heavy atom. The third kappa shape index (κ3) is 3.71. The summed E-state index contributed by atoms with van der Waals surface area (Å²) < 4.78 is 0. The highest BCUT2D eigenvalue weighted by molar-refractivity contribution is 7.13. The standard InChI is InChI=1S/C17H19N3O2S/c18-14-4-3-11(15-2-1-7-23-15)8-13(14)10-20-17(22)12-5-6-19-16(21)9-12/h1-4,7-8,12H,5-6,9-10,18H2,(H,19,21)(H,20,22). The van der Waals surface area contributed by atoms with Gasteiger partial charge in [0.05, 0.1) is 0 Å². The van der Waals surface area contributed by atoms with Crippen molar-refractivity contribution >= 4 is 28.8 Å². The smallest absolute Gasteiger partial charge is 0.223 e. The van der Waals surface area contributed by atoms with Crippen LogP contribution in [0.4, 0.5) is 5.69 Å². The first-order valence-electron chi connectivity index (χ1n) is 7.60. The van der Waals surface area contributed by atoms with Gasteiger partial charge in [-0.05, 0) is 41.1 Å². The molecule has 3 rings (SSSR count). The van der Waals surface area contributed by atoms with E-state index >= 15 is 0 Å². The van der Waals surface area contributed by atoms with E-state index in [1.54, 1.807) is 11.3 Å². The van der Waals surface area contributed by atoms with E-state index in [9.17, 15) is 9.59 Å². The Bertz CT molecular complexity index is 713. The molecule has 1 aliphatic heterocycles. The highest BCUT2D eigenvalue weighted by Gasteiger charge is 2.25. The van der Waals surface area contributed by atoms with Crippen LogP contribution in [0.15, 0.2) is 35.7 Å². The second kappa shape index (κ2) is 6.83. The maximum atomic E-state index is 12.2. The quantitative estimate of drug-likeness (QED) is 0.751. The van der Waals surface area contributed by atoms with Crippen molar-refractivity contribution in [1.29, 1.82) is 0 Å². The van der Waals surface area contributed by atoms with Gasteiger partial charge in [0.2, 0.25) is 11.8 Å².